The number of nitrogens with one attached hydrogen (secondary N) is 1. The fourth-order valence-corrected chi connectivity index (χ4v) is 7.01. The number of aryl methyl sites for hydroxylation is 1. The third kappa shape index (κ3) is 3.82. The molecule has 5 rings (SSSR count). The van der Waals surface area contributed by atoms with E-state index in [9.17, 15) is 24.3 Å². The molecule has 3 aliphatic rings. The molecular weight excluding hydrogens is 462 g/mol. The zero-order valence-electron chi connectivity index (χ0n) is 21.4. The largest absolute Gasteiger partial charge is 0.465 e. The highest BCUT2D eigenvalue weighted by Crippen LogP contribution is 2.52. The minimum absolute atomic E-state index is 0.0106. The van der Waals surface area contributed by atoms with Gasteiger partial charge in [0.25, 0.3) is 0 Å². The zero-order chi connectivity index (χ0) is 26.0. The number of para-hydroxylation sites is 1. The second-order valence-electron chi connectivity index (χ2n) is 11.8. The molecule has 1 aromatic carbocycles. The van der Waals surface area contributed by atoms with Gasteiger partial charge in [0, 0.05) is 38.0 Å². The zero-order valence-corrected chi connectivity index (χ0v) is 21.4. The van der Waals surface area contributed by atoms with Crippen LogP contribution in [0.2, 0.25) is 0 Å². The standard InChI is InChI=1S/C26H35N5O5/c1-25(2,3)22-26(15-30(22)24(35)36)10-12-29(13-11-26)14-16-6-5-7-17-20(16)28(4)23(34)31(17)18-8-9-19(32)27-21(18)33/h5-7,18,22H,8-15H2,1-4H3,(H,35,36)(H,27,32,33). The summed E-state index contributed by atoms with van der Waals surface area (Å²) < 4.78 is 3.13. The van der Waals surface area contributed by atoms with Crippen molar-refractivity contribution >= 4 is 28.9 Å². The second kappa shape index (κ2) is 8.47. The summed E-state index contributed by atoms with van der Waals surface area (Å²) in [6.45, 7) is 9.34. The van der Waals surface area contributed by atoms with Crippen molar-refractivity contribution in [1.29, 1.82) is 0 Å². The average molecular weight is 498 g/mol. The van der Waals surface area contributed by atoms with Gasteiger partial charge in [-0.25, -0.2) is 9.59 Å². The van der Waals surface area contributed by atoms with Crippen LogP contribution in [0.15, 0.2) is 23.0 Å². The highest BCUT2D eigenvalue weighted by molar-refractivity contribution is 6.00. The van der Waals surface area contributed by atoms with Crippen LogP contribution in [-0.2, 0) is 23.2 Å². The van der Waals surface area contributed by atoms with E-state index in [2.05, 4.69) is 31.0 Å². The lowest BCUT2D eigenvalue weighted by atomic mass is 9.58. The highest BCUT2D eigenvalue weighted by atomic mass is 16.4. The monoisotopic (exact) mass is 497 g/mol. The van der Waals surface area contributed by atoms with Gasteiger partial charge < -0.3 is 10.0 Å². The normalized spacial score (nSPS) is 24.7. The summed E-state index contributed by atoms with van der Waals surface area (Å²) in [7, 11) is 1.73. The fourth-order valence-electron chi connectivity index (χ4n) is 7.01. The molecule has 3 amide bonds. The minimum Gasteiger partial charge on any atom is -0.465 e. The number of amides is 3. The number of likely N-dealkylation sites (tertiary alicyclic amines) is 2. The molecule has 0 bridgehead atoms. The Hall–Kier alpha value is -3.14. The number of hydrogen-bond donors (Lipinski definition) is 2. The van der Waals surface area contributed by atoms with E-state index in [1.165, 1.54) is 4.57 Å². The molecule has 3 fully saturated rings. The lowest BCUT2D eigenvalue weighted by Crippen LogP contribution is -2.72. The number of carboxylic acid groups (broad SMARTS) is 1. The first-order valence-corrected chi connectivity index (χ1v) is 12.7. The molecule has 3 saturated heterocycles. The van der Waals surface area contributed by atoms with Crippen molar-refractivity contribution in [3.05, 3.63) is 34.2 Å². The molecule has 0 radical (unpaired) electrons. The molecule has 36 heavy (non-hydrogen) atoms. The summed E-state index contributed by atoms with van der Waals surface area (Å²) in [5, 5.41) is 12.0. The molecule has 2 atom stereocenters. The van der Waals surface area contributed by atoms with Crippen LogP contribution in [0.4, 0.5) is 4.79 Å². The van der Waals surface area contributed by atoms with Gasteiger partial charge in [-0.3, -0.25) is 28.9 Å². The number of imidazole rings is 1. The topological polar surface area (TPSA) is 117 Å². The molecule has 2 N–H and O–H groups in total. The molecule has 10 nitrogen and oxygen atoms in total. The Labute approximate surface area is 209 Å². The molecule has 1 aromatic heterocycles. The van der Waals surface area contributed by atoms with Gasteiger partial charge in [-0.1, -0.05) is 32.9 Å². The van der Waals surface area contributed by atoms with Crippen LogP contribution in [0.1, 0.15) is 58.1 Å². The predicted molar refractivity (Wildman–Crippen MR) is 134 cm³/mol. The fraction of sp³-hybridized carbons (Fsp3) is 0.615. The third-order valence-electron chi connectivity index (χ3n) is 8.40. The third-order valence-corrected chi connectivity index (χ3v) is 8.40. The first kappa shape index (κ1) is 24.5. The van der Waals surface area contributed by atoms with E-state index < -0.39 is 18.0 Å². The Morgan fingerprint density at radius 1 is 1.17 bits per heavy atom. The summed E-state index contributed by atoms with van der Waals surface area (Å²) in [5.41, 5.74) is 2.15. The summed E-state index contributed by atoms with van der Waals surface area (Å²) in [6.07, 6.45) is 1.56. The van der Waals surface area contributed by atoms with Gasteiger partial charge in [0.1, 0.15) is 6.04 Å². The quantitative estimate of drug-likeness (QED) is 0.629. The molecule has 194 valence electrons. The number of carbonyl (C=O) groups is 3. The van der Waals surface area contributed by atoms with E-state index in [0.717, 1.165) is 37.0 Å². The Morgan fingerprint density at radius 2 is 1.86 bits per heavy atom. The van der Waals surface area contributed by atoms with Crippen molar-refractivity contribution in [2.24, 2.45) is 17.9 Å². The molecule has 3 aliphatic heterocycles. The highest BCUT2D eigenvalue weighted by Gasteiger charge is 2.59. The van der Waals surface area contributed by atoms with E-state index in [1.807, 2.05) is 18.2 Å². The number of carbonyl (C=O) groups excluding carboxylic acids is 2. The summed E-state index contributed by atoms with van der Waals surface area (Å²) in [4.78, 5) is 53.1. The molecule has 1 spiro atoms. The van der Waals surface area contributed by atoms with Crippen molar-refractivity contribution in [3.63, 3.8) is 0 Å². The van der Waals surface area contributed by atoms with Crippen molar-refractivity contribution < 1.29 is 19.5 Å². The van der Waals surface area contributed by atoms with Gasteiger partial charge in [0.05, 0.1) is 11.0 Å². The van der Waals surface area contributed by atoms with Crippen LogP contribution in [0.5, 0.6) is 0 Å². The van der Waals surface area contributed by atoms with Gasteiger partial charge in [0.2, 0.25) is 11.8 Å². The van der Waals surface area contributed by atoms with Crippen LogP contribution in [-0.4, -0.2) is 67.6 Å². The number of aromatic nitrogens is 2. The maximum absolute atomic E-state index is 13.2. The molecule has 4 heterocycles. The van der Waals surface area contributed by atoms with E-state index in [1.54, 1.807) is 16.5 Å². The van der Waals surface area contributed by atoms with E-state index in [4.69, 9.17) is 0 Å². The van der Waals surface area contributed by atoms with Crippen LogP contribution in [0.25, 0.3) is 11.0 Å². The van der Waals surface area contributed by atoms with Gasteiger partial charge in [0.15, 0.2) is 0 Å². The number of piperidine rings is 2. The number of nitrogens with zero attached hydrogens (tertiary/aromatic N) is 4. The summed E-state index contributed by atoms with van der Waals surface area (Å²) >= 11 is 0. The van der Waals surface area contributed by atoms with E-state index in [-0.39, 0.29) is 34.9 Å². The van der Waals surface area contributed by atoms with E-state index in [0.29, 0.717) is 25.0 Å². The Bertz CT molecular complexity index is 1290. The Balaban J connectivity index is 1.37. The molecule has 10 heteroatoms. The number of rotatable bonds is 3. The van der Waals surface area contributed by atoms with Crippen LogP contribution >= 0.6 is 0 Å². The average Bonchev–Trinajstić information content (AvgIpc) is 3.03. The predicted octanol–water partition coefficient (Wildman–Crippen LogP) is 2.31. The van der Waals surface area contributed by atoms with Gasteiger partial charge >= 0.3 is 11.8 Å². The maximum atomic E-state index is 13.2. The molecule has 0 aliphatic carbocycles. The SMILES string of the molecule is Cn1c(=O)n(C2CCC(=O)NC2=O)c2cccc(CN3CCC4(CC3)CN(C(=O)O)C4C(C)(C)C)c21. The van der Waals surface area contributed by atoms with Crippen molar-refractivity contribution in [3.8, 4) is 0 Å². The van der Waals surface area contributed by atoms with Crippen LogP contribution in [0.3, 0.4) is 0 Å². The van der Waals surface area contributed by atoms with Crippen molar-refractivity contribution in [2.45, 2.75) is 65.1 Å². The van der Waals surface area contributed by atoms with E-state index >= 15 is 0 Å². The number of imide groups is 1. The number of benzene rings is 1. The molecule has 2 unspecified atom stereocenters. The molecule has 0 saturated carbocycles. The molecule has 2 aromatic rings. The van der Waals surface area contributed by atoms with Gasteiger partial charge in [-0.05, 0) is 49.4 Å². The lowest BCUT2D eigenvalue weighted by molar-refractivity contribution is -0.135. The summed E-state index contributed by atoms with van der Waals surface area (Å²) in [5.74, 6) is -0.739. The summed E-state index contributed by atoms with van der Waals surface area (Å²) in [6, 6.07) is 5.11. The Kier molecular flexibility index (Phi) is 5.77. The first-order valence-electron chi connectivity index (χ1n) is 12.7. The van der Waals surface area contributed by atoms with Crippen molar-refractivity contribution in [2.75, 3.05) is 19.6 Å². The number of fused-ring (bicyclic) bond motifs is 1. The van der Waals surface area contributed by atoms with Crippen LogP contribution < -0.4 is 11.0 Å². The maximum Gasteiger partial charge on any atom is 0.407 e. The number of hydrogen-bond acceptors (Lipinski definition) is 5. The first-order chi connectivity index (χ1) is 16.9. The van der Waals surface area contributed by atoms with Crippen molar-refractivity contribution in [1.82, 2.24) is 24.3 Å². The van der Waals surface area contributed by atoms with Crippen LogP contribution in [0, 0.1) is 10.8 Å². The van der Waals surface area contributed by atoms with Gasteiger partial charge in [-0.15, -0.1) is 0 Å². The van der Waals surface area contributed by atoms with Gasteiger partial charge in [-0.2, -0.15) is 0 Å². The lowest BCUT2D eigenvalue weighted by Gasteiger charge is -2.63. The Morgan fingerprint density at radius 3 is 2.47 bits per heavy atom. The minimum atomic E-state index is -0.837. The smallest absolute Gasteiger partial charge is 0.407 e. The second-order valence-corrected chi connectivity index (χ2v) is 11.8. The molecular formula is C26H35N5O5.